The molecular formula is C24H19F6N5OS2. The van der Waals surface area contributed by atoms with E-state index in [2.05, 4.69) is 20.6 Å². The minimum Gasteiger partial charge on any atom is -0.293 e. The normalized spacial score (nSPS) is 15.6. The summed E-state index contributed by atoms with van der Waals surface area (Å²) in [5, 5.41) is 13.6. The average Bonchev–Trinajstić information content (AvgIpc) is 3.46. The Kier molecular flexibility index (Phi) is 8.21. The van der Waals surface area contributed by atoms with Crippen LogP contribution in [0.5, 0.6) is 0 Å². The zero-order valence-corrected chi connectivity index (χ0v) is 21.1. The largest absolute Gasteiger partial charge is 0.416 e. The number of hydrogen-bond acceptors (Lipinski definition) is 6. The molecule has 0 spiro atoms. The Hall–Kier alpha value is -3.26. The lowest BCUT2D eigenvalue weighted by molar-refractivity contribution is -0.143. The van der Waals surface area contributed by atoms with Crippen molar-refractivity contribution in [3.63, 3.8) is 0 Å². The topological polar surface area (TPSA) is 74.8 Å². The second-order valence-corrected chi connectivity index (χ2v) is 10.1. The number of halogens is 6. The summed E-state index contributed by atoms with van der Waals surface area (Å²) in [6.45, 7) is 0.415. The maximum absolute atomic E-state index is 13.3. The van der Waals surface area contributed by atoms with Gasteiger partial charge >= 0.3 is 12.4 Å². The van der Waals surface area contributed by atoms with Gasteiger partial charge in [0.25, 0.3) is 5.91 Å². The van der Waals surface area contributed by atoms with E-state index in [-0.39, 0.29) is 23.1 Å². The molecule has 0 atom stereocenters. The highest BCUT2D eigenvalue weighted by Crippen LogP contribution is 2.39. The molecule has 1 saturated heterocycles. The summed E-state index contributed by atoms with van der Waals surface area (Å²) in [6.07, 6.45) is -5.40. The molecule has 38 heavy (non-hydrogen) atoms. The van der Waals surface area contributed by atoms with Crippen LogP contribution in [-0.4, -0.2) is 42.3 Å². The number of unbranched alkanes of at least 4 members (excludes halogenated alkanes) is 2. The van der Waals surface area contributed by atoms with Crippen LogP contribution in [0.25, 0.3) is 17.2 Å². The second kappa shape index (κ2) is 11.2. The molecule has 0 bridgehead atoms. The fourth-order valence-electron chi connectivity index (χ4n) is 3.79. The van der Waals surface area contributed by atoms with Crippen molar-refractivity contribution in [1.29, 1.82) is 0 Å². The Morgan fingerprint density at radius 2 is 1.66 bits per heavy atom. The molecule has 1 aliphatic heterocycles. The van der Waals surface area contributed by atoms with Crippen molar-refractivity contribution in [2.75, 3.05) is 6.54 Å². The molecule has 2 heterocycles. The second-order valence-electron chi connectivity index (χ2n) is 8.39. The van der Waals surface area contributed by atoms with Gasteiger partial charge < -0.3 is 0 Å². The number of nitrogens with zero attached hydrogens (tertiary/aromatic N) is 4. The maximum atomic E-state index is 13.3. The Bertz CT molecular complexity index is 1320. The highest BCUT2D eigenvalue weighted by Gasteiger charge is 2.37. The lowest BCUT2D eigenvalue weighted by Crippen LogP contribution is -2.29. The molecule has 0 radical (unpaired) electrons. The third kappa shape index (κ3) is 6.78. The van der Waals surface area contributed by atoms with E-state index in [1.165, 1.54) is 29.2 Å². The zero-order valence-electron chi connectivity index (χ0n) is 19.4. The Labute approximate surface area is 222 Å². The van der Waals surface area contributed by atoms with Crippen molar-refractivity contribution >= 4 is 40.3 Å². The van der Waals surface area contributed by atoms with Gasteiger partial charge in [-0.3, -0.25) is 9.69 Å². The number of carbonyl (C=O) groups is 1. The Morgan fingerprint density at radius 1 is 0.947 bits per heavy atom. The first-order chi connectivity index (χ1) is 17.9. The van der Waals surface area contributed by atoms with Crippen molar-refractivity contribution in [3.05, 3.63) is 69.9 Å². The standard InChI is InChI=1S/C24H19F6N5OS2/c25-23(26,27)17-11-16(12-18(13-17)24(28,29)30)15-6-4-5-14(9-15)10-19-21(36)35(22(37)38-19)8-3-1-2-7-20-31-33-34-32-20/h4-6,9-13H,1-3,7-8H2,(H,31,32,33,34)/b19-10-. The number of aromatic amines is 1. The number of benzene rings is 2. The lowest BCUT2D eigenvalue weighted by atomic mass is 9.97. The number of nitrogens with one attached hydrogen (secondary N) is 1. The van der Waals surface area contributed by atoms with E-state index < -0.39 is 23.5 Å². The van der Waals surface area contributed by atoms with E-state index in [1.54, 1.807) is 6.07 Å². The van der Waals surface area contributed by atoms with Crippen LogP contribution in [0, 0.1) is 0 Å². The van der Waals surface area contributed by atoms with E-state index in [0.717, 1.165) is 24.6 Å². The number of alkyl halides is 6. The van der Waals surface area contributed by atoms with Crippen molar-refractivity contribution in [3.8, 4) is 11.1 Å². The van der Waals surface area contributed by atoms with Gasteiger partial charge in [0.1, 0.15) is 4.32 Å². The fourth-order valence-corrected chi connectivity index (χ4v) is 5.10. The summed E-state index contributed by atoms with van der Waals surface area (Å²) < 4.78 is 80.0. The summed E-state index contributed by atoms with van der Waals surface area (Å²) in [6, 6.07) is 7.38. The molecule has 3 aromatic rings. The van der Waals surface area contributed by atoms with Gasteiger partial charge in [0.15, 0.2) is 5.82 Å². The van der Waals surface area contributed by atoms with Gasteiger partial charge in [-0.2, -0.15) is 31.6 Å². The van der Waals surface area contributed by atoms with Crippen LogP contribution in [0.3, 0.4) is 0 Å². The van der Waals surface area contributed by atoms with Crippen LogP contribution < -0.4 is 0 Å². The third-order valence-corrected chi connectivity index (χ3v) is 7.03. The van der Waals surface area contributed by atoms with Gasteiger partial charge in [-0.1, -0.05) is 53.8 Å². The molecule has 14 heteroatoms. The van der Waals surface area contributed by atoms with Crippen molar-refractivity contribution in [1.82, 2.24) is 25.5 Å². The molecule has 200 valence electrons. The molecule has 1 aromatic heterocycles. The van der Waals surface area contributed by atoms with Crippen molar-refractivity contribution in [2.45, 2.75) is 38.0 Å². The number of thiocarbonyl (C=S) groups is 1. The van der Waals surface area contributed by atoms with Crippen LogP contribution in [0.2, 0.25) is 0 Å². The number of amides is 1. The highest BCUT2D eigenvalue weighted by molar-refractivity contribution is 8.26. The fraction of sp³-hybridized carbons (Fsp3) is 0.292. The van der Waals surface area contributed by atoms with E-state index in [4.69, 9.17) is 12.2 Å². The first kappa shape index (κ1) is 27.8. The number of thioether (sulfide) groups is 1. The van der Waals surface area contributed by atoms with Gasteiger partial charge in [-0.25, -0.2) is 0 Å². The molecule has 1 amide bonds. The summed E-state index contributed by atoms with van der Waals surface area (Å²) in [5.74, 6) is 0.308. The number of hydrogen-bond donors (Lipinski definition) is 1. The number of aryl methyl sites for hydroxylation is 1. The zero-order chi connectivity index (χ0) is 27.5. The van der Waals surface area contributed by atoms with E-state index in [1.807, 2.05) is 0 Å². The van der Waals surface area contributed by atoms with Crippen LogP contribution >= 0.6 is 24.0 Å². The predicted molar refractivity (Wildman–Crippen MR) is 133 cm³/mol. The molecule has 2 aromatic carbocycles. The predicted octanol–water partition coefficient (Wildman–Crippen LogP) is 6.52. The van der Waals surface area contributed by atoms with E-state index >= 15 is 0 Å². The van der Waals surface area contributed by atoms with Gasteiger partial charge in [-0.05, 0) is 59.9 Å². The van der Waals surface area contributed by atoms with Gasteiger partial charge in [0, 0.05) is 13.0 Å². The smallest absolute Gasteiger partial charge is 0.293 e. The molecule has 6 nitrogen and oxygen atoms in total. The molecule has 0 aliphatic carbocycles. The molecule has 1 fully saturated rings. The lowest BCUT2D eigenvalue weighted by Gasteiger charge is -2.14. The molecule has 4 rings (SSSR count). The highest BCUT2D eigenvalue weighted by atomic mass is 32.2. The summed E-state index contributed by atoms with van der Waals surface area (Å²) in [4.78, 5) is 14.7. The minimum atomic E-state index is -4.95. The van der Waals surface area contributed by atoms with Crippen LogP contribution in [-0.2, 0) is 23.6 Å². The summed E-state index contributed by atoms with van der Waals surface area (Å²) >= 11 is 6.43. The number of H-pyrrole nitrogens is 1. The monoisotopic (exact) mass is 571 g/mol. The maximum Gasteiger partial charge on any atom is 0.416 e. The summed E-state index contributed by atoms with van der Waals surface area (Å²) in [7, 11) is 0. The number of aromatic nitrogens is 4. The van der Waals surface area contributed by atoms with Gasteiger partial charge in [-0.15, -0.1) is 10.2 Å². The van der Waals surface area contributed by atoms with Gasteiger partial charge in [0.05, 0.1) is 16.0 Å². The quantitative estimate of drug-likeness (QED) is 0.144. The van der Waals surface area contributed by atoms with E-state index in [0.29, 0.717) is 52.1 Å². The molecule has 1 N–H and O–H groups in total. The minimum absolute atomic E-state index is 0.0873. The van der Waals surface area contributed by atoms with Crippen molar-refractivity contribution < 1.29 is 31.1 Å². The Balaban J connectivity index is 1.48. The molecular weight excluding hydrogens is 552 g/mol. The molecule has 1 aliphatic rings. The van der Waals surface area contributed by atoms with Crippen LogP contribution in [0.15, 0.2) is 47.4 Å². The Morgan fingerprint density at radius 3 is 2.29 bits per heavy atom. The molecule has 0 unspecified atom stereocenters. The SMILES string of the molecule is O=C1/C(=C/c2cccc(-c3cc(C(F)(F)F)cc(C(F)(F)F)c3)c2)SC(=S)N1CCCCCc1nn[nH]n1. The molecule has 0 saturated carbocycles. The first-order valence-corrected chi connectivity index (χ1v) is 12.5. The van der Waals surface area contributed by atoms with E-state index in [9.17, 15) is 31.1 Å². The van der Waals surface area contributed by atoms with Crippen LogP contribution in [0.4, 0.5) is 26.3 Å². The average molecular weight is 572 g/mol. The first-order valence-electron chi connectivity index (χ1n) is 11.3. The number of rotatable bonds is 8. The number of tetrazole rings is 1. The summed E-state index contributed by atoms with van der Waals surface area (Å²) in [5.41, 5.74) is -2.45. The van der Waals surface area contributed by atoms with Gasteiger partial charge in [0.2, 0.25) is 0 Å². The van der Waals surface area contributed by atoms with Crippen LogP contribution in [0.1, 0.15) is 41.8 Å². The number of carbonyl (C=O) groups excluding carboxylic acids is 1. The van der Waals surface area contributed by atoms with Crippen molar-refractivity contribution in [2.24, 2.45) is 0 Å². The third-order valence-electron chi connectivity index (χ3n) is 5.65.